The molecule has 2 saturated heterocycles. The van der Waals surface area contributed by atoms with Gasteiger partial charge in [0.25, 0.3) is 0 Å². The number of carboxylic acid groups (broad SMARTS) is 1. The van der Waals surface area contributed by atoms with Gasteiger partial charge in [-0.3, -0.25) is 4.79 Å². The Labute approximate surface area is 108 Å². The van der Waals surface area contributed by atoms with Gasteiger partial charge < -0.3 is 14.6 Å². The monoisotopic (exact) mass is 282 g/mol. The molecule has 2 aliphatic heterocycles. The van der Waals surface area contributed by atoms with Crippen LogP contribution in [0.1, 0.15) is 32.1 Å². The lowest BCUT2D eigenvalue weighted by molar-refractivity contribution is -0.175. The predicted octanol–water partition coefficient (Wildman–Crippen LogP) is 2.37. The van der Waals surface area contributed by atoms with E-state index in [-0.39, 0.29) is 18.8 Å². The molecule has 19 heavy (non-hydrogen) atoms. The van der Waals surface area contributed by atoms with Crippen molar-refractivity contribution in [3.63, 3.8) is 0 Å². The minimum absolute atomic E-state index is 0.00260. The summed E-state index contributed by atoms with van der Waals surface area (Å²) in [7, 11) is 0. The van der Waals surface area contributed by atoms with Crippen molar-refractivity contribution in [1.29, 1.82) is 0 Å². The van der Waals surface area contributed by atoms with Gasteiger partial charge >= 0.3 is 12.1 Å². The van der Waals surface area contributed by atoms with Gasteiger partial charge in [0.15, 0.2) is 0 Å². The first-order valence-corrected chi connectivity index (χ1v) is 6.37. The van der Waals surface area contributed by atoms with Crippen LogP contribution in [-0.2, 0) is 14.3 Å². The Morgan fingerprint density at radius 3 is 2.63 bits per heavy atom. The van der Waals surface area contributed by atoms with Crippen molar-refractivity contribution in [3.05, 3.63) is 0 Å². The Balaban J connectivity index is 1.78. The third-order valence-electron chi connectivity index (χ3n) is 3.92. The lowest BCUT2D eigenvalue weighted by Crippen LogP contribution is -2.40. The second kappa shape index (κ2) is 5.28. The molecule has 0 aliphatic carbocycles. The second-order valence-electron chi connectivity index (χ2n) is 5.26. The molecule has 2 heterocycles. The highest BCUT2D eigenvalue weighted by Gasteiger charge is 2.56. The van der Waals surface area contributed by atoms with E-state index < -0.39 is 24.2 Å². The zero-order valence-electron chi connectivity index (χ0n) is 10.4. The molecule has 0 aromatic rings. The Bertz CT molecular complexity index is 344. The largest absolute Gasteiger partial charge is 0.481 e. The molecule has 110 valence electrons. The molecule has 0 aromatic heterocycles. The number of aliphatic carboxylic acids is 1. The van der Waals surface area contributed by atoms with E-state index in [1.54, 1.807) is 0 Å². The van der Waals surface area contributed by atoms with E-state index >= 15 is 0 Å². The topological polar surface area (TPSA) is 55.8 Å². The fraction of sp³-hybridized carbons (Fsp3) is 0.917. The van der Waals surface area contributed by atoms with Crippen LogP contribution >= 0.6 is 0 Å². The molecule has 3 atom stereocenters. The predicted molar refractivity (Wildman–Crippen MR) is 58.7 cm³/mol. The molecular weight excluding hydrogens is 265 g/mol. The number of rotatable bonds is 6. The van der Waals surface area contributed by atoms with Crippen molar-refractivity contribution < 1.29 is 32.5 Å². The number of hydrogen-bond donors (Lipinski definition) is 1. The summed E-state index contributed by atoms with van der Waals surface area (Å²) in [6, 6.07) is 0. The van der Waals surface area contributed by atoms with Crippen LogP contribution in [0.5, 0.6) is 0 Å². The van der Waals surface area contributed by atoms with Gasteiger partial charge in [0, 0.05) is 6.61 Å². The highest BCUT2D eigenvalue weighted by molar-refractivity contribution is 5.76. The molecule has 0 amide bonds. The number of carboxylic acids is 1. The lowest BCUT2D eigenvalue weighted by Gasteiger charge is -2.30. The first-order chi connectivity index (χ1) is 8.83. The highest BCUT2D eigenvalue weighted by Crippen LogP contribution is 2.50. The summed E-state index contributed by atoms with van der Waals surface area (Å²) in [6.07, 6.45) is -1.96. The second-order valence-corrected chi connectivity index (χ2v) is 5.26. The third kappa shape index (κ3) is 3.20. The van der Waals surface area contributed by atoms with Gasteiger partial charge in [0.2, 0.25) is 0 Å². The van der Waals surface area contributed by atoms with E-state index in [1.807, 2.05) is 0 Å². The summed E-state index contributed by atoms with van der Waals surface area (Å²) in [5.74, 6) is -0.907. The zero-order chi connectivity index (χ0) is 14.1. The Hall–Kier alpha value is -0.820. The van der Waals surface area contributed by atoms with Crippen LogP contribution in [0.25, 0.3) is 0 Å². The van der Waals surface area contributed by atoms with E-state index in [2.05, 4.69) is 4.74 Å². The maximum Gasteiger partial charge on any atom is 0.411 e. The molecule has 0 saturated carbocycles. The van der Waals surface area contributed by atoms with Gasteiger partial charge in [-0.05, 0) is 32.1 Å². The van der Waals surface area contributed by atoms with E-state index in [9.17, 15) is 23.1 Å². The minimum atomic E-state index is -4.33. The van der Waals surface area contributed by atoms with Crippen molar-refractivity contribution in [1.82, 2.24) is 0 Å². The molecule has 2 fully saturated rings. The molecule has 7 heteroatoms. The van der Waals surface area contributed by atoms with Crippen molar-refractivity contribution in [3.8, 4) is 0 Å². The minimum Gasteiger partial charge on any atom is -0.481 e. The van der Waals surface area contributed by atoms with Crippen molar-refractivity contribution in [2.24, 2.45) is 5.41 Å². The van der Waals surface area contributed by atoms with E-state index in [0.717, 1.165) is 12.8 Å². The first kappa shape index (κ1) is 14.6. The summed E-state index contributed by atoms with van der Waals surface area (Å²) in [4.78, 5) is 11.4. The average molecular weight is 282 g/mol. The molecule has 3 unspecified atom stereocenters. The quantitative estimate of drug-likeness (QED) is 0.760. The number of carbonyl (C=O) groups is 1. The third-order valence-corrected chi connectivity index (χ3v) is 3.92. The molecule has 0 radical (unpaired) electrons. The van der Waals surface area contributed by atoms with Gasteiger partial charge in [-0.25, -0.2) is 0 Å². The van der Waals surface area contributed by atoms with Crippen LogP contribution in [0.4, 0.5) is 13.2 Å². The first-order valence-electron chi connectivity index (χ1n) is 6.37. The number of fused-ring (bicyclic) bond motifs is 2. The molecule has 0 spiro atoms. The Morgan fingerprint density at radius 1 is 1.42 bits per heavy atom. The maximum atomic E-state index is 11.9. The summed E-state index contributed by atoms with van der Waals surface area (Å²) < 4.78 is 45.7. The molecule has 1 N–H and O–H groups in total. The van der Waals surface area contributed by atoms with Gasteiger partial charge in [0.05, 0.1) is 17.6 Å². The number of alkyl halides is 3. The number of halogens is 3. The van der Waals surface area contributed by atoms with Gasteiger partial charge in [-0.15, -0.1) is 0 Å². The maximum absolute atomic E-state index is 11.9. The van der Waals surface area contributed by atoms with Crippen molar-refractivity contribution in [2.75, 3.05) is 13.2 Å². The molecule has 4 nitrogen and oxygen atoms in total. The summed E-state index contributed by atoms with van der Waals surface area (Å²) in [5.41, 5.74) is -0.926. The Kier molecular flexibility index (Phi) is 4.06. The molecular formula is C12H17F3O4. The normalized spacial score (nSPS) is 33.8. The summed E-state index contributed by atoms with van der Waals surface area (Å²) in [6.45, 7) is -1.36. The van der Waals surface area contributed by atoms with Crippen LogP contribution in [0.3, 0.4) is 0 Å². The van der Waals surface area contributed by atoms with Crippen LogP contribution < -0.4 is 0 Å². The average Bonchev–Trinajstić information content (AvgIpc) is 2.87. The highest BCUT2D eigenvalue weighted by atomic mass is 19.4. The fourth-order valence-electron chi connectivity index (χ4n) is 3.07. The van der Waals surface area contributed by atoms with Crippen molar-refractivity contribution >= 4 is 5.97 Å². The van der Waals surface area contributed by atoms with Crippen LogP contribution in [0, 0.1) is 5.41 Å². The van der Waals surface area contributed by atoms with Crippen LogP contribution in [-0.4, -0.2) is 42.7 Å². The molecule has 0 aromatic carbocycles. The fourth-order valence-corrected chi connectivity index (χ4v) is 3.07. The molecule has 2 bridgehead atoms. The van der Waals surface area contributed by atoms with E-state index in [1.165, 1.54) is 0 Å². The van der Waals surface area contributed by atoms with Gasteiger partial charge in [-0.2, -0.15) is 13.2 Å². The SMILES string of the molecule is O=C(O)C1(CCCOCC(F)(F)F)CC2CCC1O2. The van der Waals surface area contributed by atoms with E-state index in [0.29, 0.717) is 19.3 Å². The number of ether oxygens (including phenoxy) is 2. The lowest BCUT2D eigenvalue weighted by atomic mass is 9.71. The van der Waals surface area contributed by atoms with E-state index in [4.69, 9.17) is 4.74 Å². The molecule has 2 rings (SSSR count). The molecule has 2 aliphatic rings. The standard InChI is InChI=1S/C12H17F3O4/c13-12(14,15)7-18-5-1-4-11(10(16)17)6-8-2-3-9(11)19-8/h8-9H,1-7H2,(H,16,17). The van der Waals surface area contributed by atoms with Gasteiger partial charge in [-0.1, -0.05) is 0 Å². The Morgan fingerprint density at radius 2 is 2.16 bits per heavy atom. The van der Waals surface area contributed by atoms with Crippen LogP contribution in [0.2, 0.25) is 0 Å². The zero-order valence-corrected chi connectivity index (χ0v) is 10.4. The van der Waals surface area contributed by atoms with Crippen LogP contribution in [0.15, 0.2) is 0 Å². The summed E-state index contributed by atoms with van der Waals surface area (Å²) >= 11 is 0. The van der Waals surface area contributed by atoms with Crippen molar-refractivity contribution in [2.45, 2.75) is 50.5 Å². The summed E-state index contributed by atoms with van der Waals surface area (Å²) in [5, 5.41) is 9.37. The smallest absolute Gasteiger partial charge is 0.411 e. The number of hydrogen-bond acceptors (Lipinski definition) is 3. The van der Waals surface area contributed by atoms with Gasteiger partial charge in [0.1, 0.15) is 6.61 Å².